The first-order valence-corrected chi connectivity index (χ1v) is 16.0. The Morgan fingerprint density at radius 2 is 1.47 bits per heavy atom. The lowest BCUT2D eigenvalue weighted by Crippen LogP contribution is -2.52. The molecular weight excluding hydrogens is 438 g/mol. The van der Waals surface area contributed by atoms with Crippen LogP contribution in [0.4, 0.5) is 10.5 Å². The lowest BCUT2D eigenvalue weighted by Gasteiger charge is -2.42. The van der Waals surface area contributed by atoms with Gasteiger partial charge >= 0.3 is 14.9 Å². The molecule has 0 radical (unpaired) electrons. The van der Waals surface area contributed by atoms with Crippen molar-refractivity contribution >= 4 is 28.9 Å². The Hall–Kier alpha value is -1.20. The molecule has 1 aromatic rings. The highest BCUT2D eigenvalue weighted by molar-refractivity contribution is 6.79. The number of amides is 1. The lowest BCUT2D eigenvalue weighted by atomic mass is 10.3. The van der Waals surface area contributed by atoms with Gasteiger partial charge in [0, 0.05) is 39.1 Å². The minimum absolute atomic E-state index is 0.254. The van der Waals surface area contributed by atoms with Crippen molar-refractivity contribution < 1.29 is 22.5 Å². The fourth-order valence-corrected chi connectivity index (χ4v) is 11.9. The molecule has 0 atom stereocenters. The van der Waals surface area contributed by atoms with Crippen LogP contribution < -0.4 is 4.90 Å². The van der Waals surface area contributed by atoms with Crippen molar-refractivity contribution in [2.45, 2.75) is 84.0 Å². The van der Waals surface area contributed by atoms with E-state index in [0.717, 1.165) is 12.1 Å². The largest absolute Gasteiger partial charge is 0.502 e. The Bertz CT molecular complexity index is 644. The number of carbonyl (C=O) groups is 1. The van der Waals surface area contributed by atoms with Crippen molar-refractivity contribution in [3.8, 4) is 0 Å². The van der Waals surface area contributed by atoms with Crippen LogP contribution >= 0.6 is 0 Å². The van der Waals surface area contributed by atoms with Gasteiger partial charge in [0.2, 0.25) is 0 Å². The summed E-state index contributed by atoms with van der Waals surface area (Å²) >= 11 is 0. The van der Waals surface area contributed by atoms with Crippen molar-refractivity contribution in [2.75, 3.05) is 32.3 Å². The van der Waals surface area contributed by atoms with Crippen molar-refractivity contribution in [3.05, 3.63) is 30.3 Å². The van der Waals surface area contributed by atoms with Crippen LogP contribution in [-0.2, 0) is 17.7 Å². The van der Waals surface area contributed by atoms with E-state index in [0.29, 0.717) is 42.2 Å². The Morgan fingerprint density at radius 3 is 1.91 bits per heavy atom. The normalized spacial score (nSPS) is 12.6. The van der Waals surface area contributed by atoms with Gasteiger partial charge in [-0.15, -0.1) is 0 Å². The molecule has 32 heavy (non-hydrogen) atoms. The van der Waals surface area contributed by atoms with E-state index in [-0.39, 0.29) is 6.09 Å². The fraction of sp³-hybridized carbons (Fsp3) is 0.708. The van der Waals surface area contributed by atoms with Gasteiger partial charge in [-0.3, -0.25) is 4.90 Å². The van der Waals surface area contributed by atoms with Gasteiger partial charge in [-0.2, -0.15) is 0 Å². The number of hydrogen-bond acceptors (Lipinski definition) is 5. The second kappa shape index (κ2) is 13.5. The van der Waals surface area contributed by atoms with Crippen LogP contribution in [0.3, 0.4) is 0 Å². The third-order valence-corrected chi connectivity index (χ3v) is 15.1. The quantitative estimate of drug-likeness (QED) is 0.271. The zero-order chi connectivity index (χ0) is 24.4. The topological polar surface area (TPSA) is 57.2 Å². The minimum atomic E-state index is -2.74. The first kappa shape index (κ1) is 28.8. The van der Waals surface area contributed by atoms with Crippen molar-refractivity contribution in [3.63, 3.8) is 0 Å². The van der Waals surface area contributed by atoms with Crippen molar-refractivity contribution in [2.24, 2.45) is 0 Å². The zero-order valence-electron chi connectivity index (χ0n) is 21.6. The van der Waals surface area contributed by atoms with E-state index in [4.69, 9.17) is 17.7 Å². The molecule has 6 nitrogen and oxygen atoms in total. The molecule has 0 fully saturated rings. The molecule has 0 saturated carbocycles. The van der Waals surface area contributed by atoms with Crippen LogP contribution in [0, 0.1) is 0 Å². The molecule has 1 aromatic carbocycles. The van der Waals surface area contributed by atoms with E-state index < -0.39 is 17.1 Å². The van der Waals surface area contributed by atoms with E-state index in [9.17, 15) is 4.79 Å². The van der Waals surface area contributed by atoms with Crippen LogP contribution in [0.5, 0.6) is 0 Å². The van der Waals surface area contributed by atoms with Gasteiger partial charge in [0.15, 0.2) is 0 Å². The van der Waals surface area contributed by atoms with Crippen molar-refractivity contribution in [1.82, 2.24) is 0 Å². The first-order chi connectivity index (χ1) is 15.1. The molecular formula is C24H45NO5Si2. The predicted octanol–water partition coefficient (Wildman–Crippen LogP) is 6.85. The second-order valence-electron chi connectivity index (χ2n) is 9.22. The van der Waals surface area contributed by atoms with Gasteiger partial charge in [-0.05, 0) is 41.6 Å². The molecule has 0 heterocycles. The summed E-state index contributed by atoms with van der Waals surface area (Å²) in [4.78, 5) is 15.4. The molecule has 0 saturated heterocycles. The van der Waals surface area contributed by atoms with Gasteiger partial charge in [0.05, 0.1) is 0 Å². The number of carbonyl (C=O) groups excluding carboxylic acids is 1. The summed E-state index contributed by atoms with van der Waals surface area (Å²) in [5.74, 6) is 0. The van der Waals surface area contributed by atoms with E-state index in [1.807, 2.05) is 30.3 Å². The minimum Gasteiger partial charge on any atom is -0.502 e. The van der Waals surface area contributed by atoms with Gasteiger partial charge in [-0.25, -0.2) is 4.79 Å². The number of rotatable bonds is 14. The number of benzene rings is 1. The molecule has 0 bridgehead atoms. The van der Waals surface area contributed by atoms with Crippen LogP contribution in [0.15, 0.2) is 30.3 Å². The summed E-state index contributed by atoms with van der Waals surface area (Å²) in [6.07, 6.45) is 1.34. The van der Waals surface area contributed by atoms with Crippen LogP contribution in [0.25, 0.3) is 0 Å². The molecule has 0 N–H and O–H groups in total. The third-order valence-electron chi connectivity index (χ3n) is 6.27. The highest BCUT2D eigenvalue weighted by Gasteiger charge is 2.49. The van der Waals surface area contributed by atoms with Gasteiger partial charge < -0.3 is 17.7 Å². The number of anilines is 1. The van der Waals surface area contributed by atoms with Gasteiger partial charge in [-0.1, -0.05) is 66.7 Å². The maximum Gasteiger partial charge on any atom is 0.500 e. The third kappa shape index (κ3) is 7.15. The lowest BCUT2D eigenvalue weighted by molar-refractivity contribution is 0.0978. The average molecular weight is 484 g/mol. The highest BCUT2D eigenvalue weighted by Crippen LogP contribution is 2.42. The van der Waals surface area contributed by atoms with E-state index in [2.05, 4.69) is 48.5 Å². The number of para-hydroxylation sites is 1. The summed E-state index contributed by atoms with van der Waals surface area (Å²) in [5.41, 5.74) is 1.82. The Morgan fingerprint density at radius 1 is 0.938 bits per heavy atom. The smallest absolute Gasteiger partial charge is 0.500 e. The van der Waals surface area contributed by atoms with E-state index in [1.54, 1.807) is 19.1 Å². The average Bonchev–Trinajstić information content (AvgIpc) is 2.77. The number of nitrogens with zero attached hydrogens (tertiary/aromatic N) is 1. The monoisotopic (exact) mass is 483 g/mol. The Labute approximate surface area is 198 Å². The summed E-state index contributed by atoms with van der Waals surface area (Å²) < 4.78 is 23.8. The molecule has 8 heteroatoms. The second-order valence-corrected chi connectivity index (χ2v) is 17.6. The molecule has 184 valence electrons. The van der Waals surface area contributed by atoms with E-state index in [1.165, 1.54) is 0 Å². The van der Waals surface area contributed by atoms with Gasteiger partial charge in [0.25, 0.3) is 8.32 Å². The van der Waals surface area contributed by atoms with E-state index >= 15 is 0 Å². The summed E-state index contributed by atoms with van der Waals surface area (Å²) in [6, 6.07) is 10.4. The SMILES string of the molecule is CCCO[Si](CCCN(C(=O)O[Si](C(C)C)(C(C)C)C(C)C)c1ccccc1)(OC)OC. The van der Waals surface area contributed by atoms with Gasteiger partial charge in [0.1, 0.15) is 0 Å². The predicted molar refractivity (Wildman–Crippen MR) is 137 cm³/mol. The maximum atomic E-state index is 13.6. The first-order valence-electron chi connectivity index (χ1n) is 11.9. The molecule has 0 unspecified atom stereocenters. The number of hydrogen-bond donors (Lipinski definition) is 0. The molecule has 0 aliphatic heterocycles. The van der Waals surface area contributed by atoms with Crippen LogP contribution in [-0.4, -0.2) is 50.6 Å². The van der Waals surface area contributed by atoms with Crippen LogP contribution in [0.2, 0.25) is 22.7 Å². The maximum absolute atomic E-state index is 13.6. The fourth-order valence-electron chi connectivity index (χ4n) is 4.68. The molecule has 0 spiro atoms. The summed E-state index contributed by atoms with van der Waals surface area (Å²) in [7, 11) is -1.80. The Balaban J connectivity index is 3.11. The Kier molecular flexibility index (Phi) is 12.2. The molecule has 0 aliphatic rings. The molecule has 0 aromatic heterocycles. The molecule has 1 amide bonds. The molecule has 0 aliphatic carbocycles. The standard InChI is InChI=1S/C24H45NO5Si2/c1-10-18-29-31(27-8,28-9)19-14-17-25(23-15-12-11-13-16-23)24(26)30-32(20(2)3,21(4)5)22(6)7/h11-13,15-16,20-22H,10,14,17-19H2,1-9H3. The highest BCUT2D eigenvalue weighted by atomic mass is 28.4. The molecule has 1 rings (SSSR count). The zero-order valence-corrected chi connectivity index (χ0v) is 23.6. The summed E-state index contributed by atoms with van der Waals surface area (Å²) in [6.45, 7) is 16.3. The van der Waals surface area contributed by atoms with Crippen molar-refractivity contribution in [1.29, 1.82) is 0 Å². The van der Waals surface area contributed by atoms with Crippen LogP contribution in [0.1, 0.15) is 61.3 Å². The summed E-state index contributed by atoms with van der Waals surface area (Å²) in [5, 5.41) is 0.